The third-order valence-corrected chi connectivity index (χ3v) is 5.11. The lowest BCUT2D eigenvalue weighted by atomic mass is 10.1. The van der Waals surface area contributed by atoms with Crippen LogP contribution in [0.25, 0.3) is 5.69 Å². The van der Waals surface area contributed by atoms with Gasteiger partial charge in [-0.2, -0.15) is 5.10 Å². The average molecular weight is 471 g/mol. The maximum atomic E-state index is 13.7. The van der Waals surface area contributed by atoms with E-state index >= 15 is 0 Å². The predicted molar refractivity (Wildman–Crippen MR) is 126 cm³/mol. The SMILES string of the molecule is Cc1cc(N(C(=O)c2ccccc2[N+](=O)[O-])C(=O)c2ccccc2[N+](=O)[O-])n(-c2ccccc2)n1. The summed E-state index contributed by atoms with van der Waals surface area (Å²) in [6, 6.07) is 20.4. The Morgan fingerprint density at radius 3 is 1.71 bits per heavy atom. The second kappa shape index (κ2) is 9.35. The van der Waals surface area contributed by atoms with Crippen molar-refractivity contribution in [2.24, 2.45) is 0 Å². The fourth-order valence-corrected chi connectivity index (χ4v) is 3.57. The molecule has 11 heteroatoms. The second-order valence-electron chi connectivity index (χ2n) is 7.39. The number of nitrogens with zero attached hydrogens (tertiary/aromatic N) is 5. The molecule has 1 heterocycles. The first-order valence-electron chi connectivity index (χ1n) is 10.3. The standard InChI is InChI=1S/C24H17N5O6/c1-16-15-22(27(25-16)17-9-3-2-4-10-17)26(23(30)18-11-5-7-13-20(18)28(32)33)24(31)19-12-6-8-14-21(19)29(34)35/h2-15H,1H3. The summed E-state index contributed by atoms with van der Waals surface area (Å²) < 4.78 is 1.33. The molecule has 4 aromatic rings. The van der Waals surface area contributed by atoms with Crippen LogP contribution in [0.2, 0.25) is 0 Å². The number of aryl methyl sites for hydroxylation is 1. The normalized spacial score (nSPS) is 10.5. The van der Waals surface area contributed by atoms with E-state index in [0.29, 0.717) is 16.3 Å². The van der Waals surface area contributed by atoms with Crippen molar-refractivity contribution in [2.45, 2.75) is 6.92 Å². The molecule has 0 saturated carbocycles. The molecule has 35 heavy (non-hydrogen) atoms. The number of benzene rings is 3. The molecule has 4 rings (SSSR count). The first kappa shape index (κ1) is 23.0. The molecule has 0 unspecified atom stereocenters. The van der Waals surface area contributed by atoms with Crippen molar-refractivity contribution in [3.05, 3.63) is 122 Å². The van der Waals surface area contributed by atoms with Gasteiger partial charge in [0.15, 0.2) is 0 Å². The van der Waals surface area contributed by atoms with Crippen LogP contribution >= 0.6 is 0 Å². The summed E-state index contributed by atoms with van der Waals surface area (Å²) >= 11 is 0. The summed E-state index contributed by atoms with van der Waals surface area (Å²) in [5.41, 5.74) is -0.794. The summed E-state index contributed by atoms with van der Waals surface area (Å²) in [4.78, 5) is 49.9. The highest BCUT2D eigenvalue weighted by molar-refractivity contribution is 6.27. The van der Waals surface area contributed by atoms with Gasteiger partial charge in [0.25, 0.3) is 23.2 Å². The Morgan fingerprint density at radius 1 is 0.771 bits per heavy atom. The van der Waals surface area contributed by atoms with Crippen LogP contribution in [0.3, 0.4) is 0 Å². The zero-order valence-electron chi connectivity index (χ0n) is 18.3. The van der Waals surface area contributed by atoms with Crippen molar-refractivity contribution in [1.82, 2.24) is 9.78 Å². The van der Waals surface area contributed by atoms with Crippen LogP contribution in [0.1, 0.15) is 26.4 Å². The highest BCUT2D eigenvalue weighted by Crippen LogP contribution is 2.30. The second-order valence-corrected chi connectivity index (χ2v) is 7.39. The number of aromatic nitrogens is 2. The lowest BCUT2D eigenvalue weighted by Crippen LogP contribution is -2.39. The van der Waals surface area contributed by atoms with E-state index in [4.69, 9.17) is 0 Å². The van der Waals surface area contributed by atoms with E-state index < -0.39 is 33.0 Å². The van der Waals surface area contributed by atoms with Crippen LogP contribution in [0.5, 0.6) is 0 Å². The van der Waals surface area contributed by atoms with E-state index in [-0.39, 0.29) is 16.9 Å². The minimum Gasteiger partial charge on any atom is -0.268 e. The number of carbonyl (C=O) groups excluding carboxylic acids is 2. The Kier molecular flexibility index (Phi) is 6.14. The number of amides is 2. The molecule has 0 fully saturated rings. The van der Waals surface area contributed by atoms with Crippen LogP contribution in [0.4, 0.5) is 17.2 Å². The van der Waals surface area contributed by atoms with E-state index in [1.165, 1.54) is 47.1 Å². The van der Waals surface area contributed by atoms with Gasteiger partial charge in [-0.1, -0.05) is 42.5 Å². The Hall–Kier alpha value is -5.19. The molecule has 0 radical (unpaired) electrons. The molecule has 3 aromatic carbocycles. The van der Waals surface area contributed by atoms with Crippen molar-refractivity contribution in [1.29, 1.82) is 0 Å². The topological polar surface area (TPSA) is 141 Å². The molecule has 0 bridgehead atoms. The number of hydrogen-bond donors (Lipinski definition) is 0. The van der Waals surface area contributed by atoms with Gasteiger partial charge in [0.2, 0.25) is 0 Å². The van der Waals surface area contributed by atoms with E-state index in [1.807, 2.05) is 0 Å². The number of carbonyl (C=O) groups is 2. The monoisotopic (exact) mass is 471 g/mol. The van der Waals surface area contributed by atoms with E-state index in [0.717, 1.165) is 12.1 Å². The minimum absolute atomic E-state index is 0.0278. The van der Waals surface area contributed by atoms with Gasteiger partial charge in [-0.15, -0.1) is 0 Å². The van der Waals surface area contributed by atoms with Crippen molar-refractivity contribution in [3.63, 3.8) is 0 Å². The molecule has 174 valence electrons. The fraction of sp³-hybridized carbons (Fsp3) is 0.0417. The number of imide groups is 1. The molecule has 2 amide bonds. The van der Waals surface area contributed by atoms with Gasteiger partial charge in [0.05, 0.1) is 21.2 Å². The Balaban J connectivity index is 1.97. The molecule has 0 N–H and O–H groups in total. The van der Waals surface area contributed by atoms with Crippen LogP contribution in [0.15, 0.2) is 84.9 Å². The highest BCUT2D eigenvalue weighted by atomic mass is 16.6. The Bertz CT molecular complexity index is 1390. The van der Waals surface area contributed by atoms with E-state index in [9.17, 15) is 29.8 Å². The molecule has 0 aliphatic rings. The van der Waals surface area contributed by atoms with Crippen molar-refractivity contribution >= 4 is 29.0 Å². The number of hydrogen-bond acceptors (Lipinski definition) is 7. The summed E-state index contributed by atoms with van der Waals surface area (Å²) in [6.45, 7) is 1.64. The highest BCUT2D eigenvalue weighted by Gasteiger charge is 2.35. The maximum Gasteiger partial charge on any atom is 0.282 e. The first-order chi connectivity index (χ1) is 16.8. The fourth-order valence-electron chi connectivity index (χ4n) is 3.57. The van der Waals surface area contributed by atoms with Gasteiger partial charge >= 0.3 is 0 Å². The van der Waals surface area contributed by atoms with E-state index in [1.54, 1.807) is 37.3 Å². The average Bonchev–Trinajstić information content (AvgIpc) is 3.25. The zero-order valence-corrected chi connectivity index (χ0v) is 18.3. The minimum atomic E-state index is -1.03. The lowest BCUT2D eigenvalue weighted by Gasteiger charge is -2.22. The number of para-hydroxylation sites is 3. The van der Waals surface area contributed by atoms with Gasteiger partial charge < -0.3 is 0 Å². The molecular formula is C24H17N5O6. The summed E-state index contributed by atoms with van der Waals surface area (Å²) in [5, 5.41) is 27.6. The summed E-state index contributed by atoms with van der Waals surface area (Å²) in [7, 11) is 0. The van der Waals surface area contributed by atoms with Gasteiger partial charge in [-0.25, -0.2) is 9.58 Å². The zero-order chi connectivity index (χ0) is 25.1. The third-order valence-electron chi connectivity index (χ3n) is 5.11. The molecule has 11 nitrogen and oxygen atoms in total. The number of rotatable bonds is 6. The first-order valence-corrected chi connectivity index (χ1v) is 10.3. The van der Waals surface area contributed by atoms with Gasteiger partial charge in [-0.3, -0.25) is 29.8 Å². The largest absolute Gasteiger partial charge is 0.282 e. The van der Waals surface area contributed by atoms with Crippen LogP contribution < -0.4 is 4.90 Å². The molecule has 0 atom stereocenters. The van der Waals surface area contributed by atoms with Gasteiger partial charge in [0.1, 0.15) is 16.9 Å². The Labute approximate surface area is 198 Å². The van der Waals surface area contributed by atoms with Crippen molar-refractivity contribution < 1.29 is 19.4 Å². The summed E-state index contributed by atoms with van der Waals surface area (Å²) in [6.07, 6.45) is 0. The van der Waals surface area contributed by atoms with Crippen molar-refractivity contribution in [2.75, 3.05) is 4.90 Å². The number of anilines is 1. The predicted octanol–water partition coefficient (Wildman–Crippen LogP) is 4.48. The molecule has 1 aromatic heterocycles. The van der Waals surface area contributed by atoms with Crippen LogP contribution in [0, 0.1) is 27.2 Å². The maximum absolute atomic E-state index is 13.7. The van der Waals surface area contributed by atoms with Gasteiger partial charge in [-0.05, 0) is 31.2 Å². The van der Waals surface area contributed by atoms with Crippen LogP contribution in [-0.2, 0) is 0 Å². The molecular weight excluding hydrogens is 454 g/mol. The quantitative estimate of drug-likeness (QED) is 0.229. The number of nitro benzene ring substituents is 2. The molecule has 0 aliphatic heterocycles. The van der Waals surface area contributed by atoms with Gasteiger partial charge in [0, 0.05) is 18.2 Å². The number of nitro groups is 2. The van der Waals surface area contributed by atoms with Crippen molar-refractivity contribution in [3.8, 4) is 5.69 Å². The molecule has 0 aliphatic carbocycles. The lowest BCUT2D eigenvalue weighted by molar-refractivity contribution is -0.385. The smallest absolute Gasteiger partial charge is 0.268 e. The summed E-state index contributed by atoms with van der Waals surface area (Å²) in [5.74, 6) is -2.09. The third kappa shape index (κ3) is 4.37. The van der Waals surface area contributed by atoms with E-state index in [2.05, 4.69) is 5.10 Å². The van der Waals surface area contributed by atoms with Crippen LogP contribution in [-0.4, -0.2) is 31.4 Å². The Morgan fingerprint density at radius 2 is 1.23 bits per heavy atom. The molecule has 0 spiro atoms. The molecule has 0 saturated heterocycles.